The highest BCUT2D eigenvalue weighted by Crippen LogP contribution is 2.08. The van der Waals surface area contributed by atoms with E-state index in [0.29, 0.717) is 32.1 Å². The van der Waals surface area contributed by atoms with Gasteiger partial charge < -0.3 is 14.9 Å². The lowest BCUT2D eigenvalue weighted by Crippen LogP contribution is -2.13. The minimum Gasteiger partial charge on any atom is -0.382 e. The maximum atomic E-state index is 5.39. The Labute approximate surface area is 108 Å². The van der Waals surface area contributed by atoms with E-state index < -0.39 is 0 Å². The number of nitrogen functional groups attached to an aromatic ring is 1. The van der Waals surface area contributed by atoms with Gasteiger partial charge in [-0.25, -0.2) is 15.8 Å². The van der Waals surface area contributed by atoms with Crippen LogP contribution >= 0.6 is 0 Å². The highest BCUT2D eigenvalue weighted by molar-refractivity contribution is 5.34. The molecule has 0 aliphatic heterocycles. The summed E-state index contributed by atoms with van der Waals surface area (Å²) in [7, 11) is 1.65. The van der Waals surface area contributed by atoms with Crippen LogP contribution in [-0.4, -0.2) is 36.9 Å². The third-order valence-electron chi connectivity index (χ3n) is 2.38. The lowest BCUT2D eigenvalue weighted by Gasteiger charge is -2.07. The molecule has 1 heterocycles. The molecule has 0 radical (unpaired) electrons. The zero-order valence-corrected chi connectivity index (χ0v) is 11.1. The Balaban J connectivity index is 2.50. The Kier molecular flexibility index (Phi) is 7.24. The molecule has 1 rings (SSSR count). The molecule has 6 heteroatoms. The first-order chi connectivity index (χ1) is 8.80. The Morgan fingerprint density at radius 2 is 2.06 bits per heavy atom. The van der Waals surface area contributed by atoms with E-state index in [-0.39, 0.29) is 0 Å². The highest BCUT2D eigenvalue weighted by Gasteiger charge is 2.03. The summed E-state index contributed by atoms with van der Waals surface area (Å²) < 4.78 is 10.3. The molecule has 0 saturated carbocycles. The molecule has 0 fully saturated rings. The number of anilines is 1. The molecule has 6 nitrogen and oxygen atoms in total. The molecule has 0 unspecified atom stereocenters. The van der Waals surface area contributed by atoms with Crippen LogP contribution in [0.5, 0.6) is 0 Å². The second-order valence-electron chi connectivity index (χ2n) is 3.91. The van der Waals surface area contributed by atoms with Crippen LogP contribution < -0.4 is 11.3 Å². The van der Waals surface area contributed by atoms with Crippen molar-refractivity contribution in [2.24, 2.45) is 5.84 Å². The number of hydrogen-bond acceptors (Lipinski definition) is 6. The number of hydrazine groups is 1. The van der Waals surface area contributed by atoms with E-state index in [9.17, 15) is 0 Å². The van der Waals surface area contributed by atoms with Gasteiger partial charge >= 0.3 is 0 Å². The summed E-state index contributed by atoms with van der Waals surface area (Å²) in [5.74, 6) is 6.80. The van der Waals surface area contributed by atoms with Crippen molar-refractivity contribution in [3.63, 3.8) is 0 Å². The van der Waals surface area contributed by atoms with Gasteiger partial charge in [0, 0.05) is 25.3 Å². The summed E-state index contributed by atoms with van der Waals surface area (Å²) in [5, 5.41) is 0. The maximum absolute atomic E-state index is 5.39. The topological polar surface area (TPSA) is 82.3 Å². The van der Waals surface area contributed by atoms with Crippen LogP contribution in [0.1, 0.15) is 24.9 Å². The van der Waals surface area contributed by atoms with Crippen molar-refractivity contribution in [3.05, 3.63) is 17.6 Å². The number of aryl methyl sites for hydroxylation is 1. The van der Waals surface area contributed by atoms with Crippen LogP contribution in [0.3, 0.4) is 0 Å². The molecule has 1 aromatic heterocycles. The number of hydrogen-bond donors (Lipinski definition) is 2. The number of ether oxygens (including phenoxy) is 2. The fraction of sp³-hybridized carbons (Fsp3) is 0.667. The van der Waals surface area contributed by atoms with Crippen molar-refractivity contribution in [1.29, 1.82) is 0 Å². The molecular weight excluding hydrogens is 232 g/mol. The normalized spacial score (nSPS) is 10.6. The van der Waals surface area contributed by atoms with E-state index >= 15 is 0 Å². The van der Waals surface area contributed by atoms with Crippen LogP contribution in [-0.2, 0) is 22.3 Å². The molecule has 1 aromatic rings. The van der Waals surface area contributed by atoms with Crippen molar-refractivity contribution in [2.75, 3.05) is 32.4 Å². The molecule has 0 aromatic carbocycles. The van der Waals surface area contributed by atoms with E-state index in [0.717, 1.165) is 24.4 Å². The molecule has 102 valence electrons. The number of nitrogens with zero attached hydrogens (tertiary/aromatic N) is 2. The van der Waals surface area contributed by atoms with Crippen LogP contribution in [0.25, 0.3) is 0 Å². The van der Waals surface area contributed by atoms with Gasteiger partial charge in [0.1, 0.15) is 11.6 Å². The van der Waals surface area contributed by atoms with Crippen molar-refractivity contribution >= 4 is 5.82 Å². The lowest BCUT2D eigenvalue weighted by atomic mass is 10.2. The van der Waals surface area contributed by atoms with E-state index in [1.54, 1.807) is 7.11 Å². The van der Waals surface area contributed by atoms with Gasteiger partial charge in [-0.2, -0.15) is 0 Å². The monoisotopic (exact) mass is 254 g/mol. The number of rotatable bonds is 9. The van der Waals surface area contributed by atoms with Gasteiger partial charge in [-0.05, 0) is 6.42 Å². The SMILES string of the molecule is CCCc1cc(NN)nc(CCOCCOC)n1. The first-order valence-electron chi connectivity index (χ1n) is 6.20. The first kappa shape index (κ1) is 14.8. The molecule has 0 spiro atoms. The molecule has 0 atom stereocenters. The summed E-state index contributed by atoms with van der Waals surface area (Å²) in [4.78, 5) is 8.76. The standard InChI is InChI=1S/C12H22N4O2/c1-3-4-10-9-12(16-13)15-11(14-10)5-6-18-8-7-17-2/h9H,3-8,13H2,1-2H3,(H,14,15,16). The molecule has 3 N–H and O–H groups in total. The number of nitrogens with one attached hydrogen (secondary N) is 1. The quantitative estimate of drug-likeness (QED) is 0.387. The minimum atomic E-state index is 0.586. The molecule has 0 aliphatic carbocycles. The van der Waals surface area contributed by atoms with Crippen molar-refractivity contribution in [3.8, 4) is 0 Å². The summed E-state index contributed by atoms with van der Waals surface area (Å²) in [6.07, 6.45) is 2.65. The smallest absolute Gasteiger partial charge is 0.143 e. The molecule has 0 bridgehead atoms. The summed E-state index contributed by atoms with van der Waals surface area (Å²) in [6.45, 7) is 3.90. The van der Waals surface area contributed by atoms with Gasteiger partial charge in [-0.3, -0.25) is 0 Å². The van der Waals surface area contributed by atoms with E-state index in [1.165, 1.54) is 0 Å². The van der Waals surface area contributed by atoms with Crippen LogP contribution in [0, 0.1) is 0 Å². The molecule has 0 amide bonds. The van der Waals surface area contributed by atoms with Crippen molar-refractivity contribution in [1.82, 2.24) is 9.97 Å². The van der Waals surface area contributed by atoms with Gasteiger partial charge in [0.05, 0.1) is 19.8 Å². The Morgan fingerprint density at radius 1 is 1.22 bits per heavy atom. The van der Waals surface area contributed by atoms with Crippen LogP contribution in [0.2, 0.25) is 0 Å². The fourth-order valence-electron chi connectivity index (χ4n) is 1.53. The van der Waals surface area contributed by atoms with Gasteiger partial charge in [0.2, 0.25) is 0 Å². The zero-order valence-electron chi connectivity index (χ0n) is 11.1. The number of methoxy groups -OCH3 is 1. The van der Waals surface area contributed by atoms with E-state index in [1.807, 2.05) is 6.07 Å². The highest BCUT2D eigenvalue weighted by atomic mass is 16.5. The van der Waals surface area contributed by atoms with Crippen LogP contribution in [0.15, 0.2) is 6.07 Å². The third kappa shape index (κ3) is 5.39. The largest absolute Gasteiger partial charge is 0.382 e. The zero-order chi connectivity index (χ0) is 13.2. The third-order valence-corrected chi connectivity index (χ3v) is 2.38. The van der Waals surface area contributed by atoms with Gasteiger partial charge in [0.25, 0.3) is 0 Å². The average Bonchev–Trinajstić information content (AvgIpc) is 2.38. The van der Waals surface area contributed by atoms with Crippen LogP contribution in [0.4, 0.5) is 5.82 Å². The second kappa shape index (κ2) is 8.79. The van der Waals surface area contributed by atoms with Crippen molar-refractivity contribution < 1.29 is 9.47 Å². The predicted molar refractivity (Wildman–Crippen MR) is 70.2 cm³/mol. The van der Waals surface area contributed by atoms with Gasteiger partial charge in [0.15, 0.2) is 0 Å². The lowest BCUT2D eigenvalue weighted by molar-refractivity contribution is 0.0716. The summed E-state index contributed by atoms with van der Waals surface area (Å²) >= 11 is 0. The Bertz CT molecular complexity index is 347. The van der Waals surface area contributed by atoms with Gasteiger partial charge in [-0.15, -0.1) is 0 Å². The minimum absolute atomic E-state index is 0.586. The second-order valence-corrected chi connectivity index (χ2v) is 3.91. The number of aromatic nitrogens is 2. The average molecular weight is 254 g/mol. The van der Waals surface area contributed by atoms with E-state index in [2.05, 4.69) is 22.3 Å². The molecule has 0 saturated heterocycles. The summed E-state index contributed by atoms with van der Waals surface area (Å²) in [5.41, 5.74) is 3.57. The Morgan fingerprint density at radius 3 is 2.72 bits per heavy atom. The maximum Gasteiger partial charge on any atom is 0.143 e. The first-order valence-corrected chi connectivity index (χ1v) is 6.20. The Hall–Kier alpha value is -1.24. The molecular formula is C12H22N4O2. The molecule has 0 aliphatic rings. The summed E-state index contributed by atoms with van der Waals surface area (Å²) in [6, 6.07) is 1.87. The molecule has 18 heavy (non-hydrogen) atoms. The van der Waals surface area contributed by atoms with E-state index in [4.69, 9.17) is 15.3 Å². The van der Waals surface area contributed by atoms with Crippen molar-refractivity contribution in [2.45, 2.75) is 26.2 Å². The fourth-order valence-corrected chi connectivity index (χ4v) is 1.53. The predicted octanol–water partition coefficient (Wildman–Crippen LogP) is 0.920. The number of nitrogens with two attached hydrogens (primary N) is 1. The van der Waals surface area contributed by atoms with Gasteiger partial charge in [-0.1, -0.05) is 13.3 Å².